The van der Waals surface area contributed by atoms with Crippen LogP contribution in [-0.4, -0.2) is 45.5 Å². The minimum atomic E-state index is -0.931. The van der Waals surface area contributed by atoms with Crippen LogP contribution >= 0.6 is 0 Å². The Morgan fingerprint density at radius 1 is 1.06 bits per heavy atom. The first-order valence-electron chi connectivity index (χ1n) is 10.5. The number of methoxy groups -OCH3 is 1. The number of nitrogens with zero attached hydrogens (tertiary/aromatic N) is 3. The van der Waals surface area contributed by atoms with Gasteiger partial charge >= 0.3 is 5.97 Å². The number of nitrogens with two attached hydrogens (primary N) is 1. The zero-order chi connectivity index (χ0) is 22.9. The predicted molar refractivity (Wildman–Crippen MR) is 122 cm³/mol. The van der Waals surface area contributed by atoms with Gasteiger partial charge in [-0.05, 0) is 38.1 Å². The summed E-state index contributed by atoms with van der Waals surface area (Å²) in [5, 5.41) is 3.46. The van der Waals surface area contributed by atoms with Crippen LogP contribution in [0.5, 0.6) is 0 Å². The number of nitrogens with one attached hydrogen (secondary N) is 1. The molecule has 2 aromatic carbocycles. The maximum absolute atomic E-state index is 12.7. The molecular weight excluding hydrogens is 406 g/mol. The summed E-state index contributed by atoms with van der Waals surface area (Å²) in [6.45, 7) is 4.97. The van der Waals surface area contributed by atoms with Crippen LogP contribution in [0.2, 0.25) is 0 Å². The SMILES string of the molecule is COC(=O)c1ccc(Nc2c(-c3ccccc3)nc3n2CCN(C(=O)C(C)(C)N)C3)cc1. The van der Waals surface area contributed by atoms with Gasteiger partial charge in [0.05, 0.1) is 24.8 Å². The molecule has 0 saturated heterocycles. The second-order valence-corrected chi connectivity index (χ2v) is 8.39. The number of fused-ring (bicyclic) bond motifs is 1. The first-order valence-corrected chi connectivity index (χ1v) is 10.5. The highest BCUT2D eigenvalue weighted by molar-refractivity contribution is 5.90. The molecular formula is C24H27N5O3. The predicted octanol–water partition coefficient (Wildman–Crippen LogP) is 3.16. The number of ether oxygens (including phenoxy) is 1. The number of benzene rings is 2. The van der Waals surface area contributed by atoms with Crippen molar-refractivity contribution in [2.24, 2.45) is 5.73 Å². The first kappa shape index (κ1) is 21.6. The standard InChI is InChI=1S/C24H27N5O3/c1-24(2,25)23(31)28-13-14-29-19(15-28)27-20(16-7-5-4-6-8-16)21(29)26-18-11-9-17(10-12-18)22(30)32-3/h4-12,26H,13-15,25H2,1-3H3. The van der Waals surface area contributed by atoms with Crippen LogP contribution in [0.25, 0.3) is 11.3 Å². The molecule has 0 atom stereocenters. The van der Waals surface area contributed by atoms with Gasteiger partial charge in [0.15, 0.2) is 0 Å². The van der Waals surface area contributed by atoms with E-state index in [4.69, 9.17) is 15.5 Å². The summed E-state index contributed by atoms with van der Waals surface area (Å²) in [7, 11) is 1.36. The summed E-state index contributed by atoms with van der Waals surface area (Å²) < 4.78 is 6.87. The van der Waals surface area contributed by atoms with Gasteiger partial charge in [0.2, 0.25) is 5.91 Å². The zero-order valence-corrected chi connectivity index (χ0v) is 18.5. The van der Waals surface area contributed by atoms with Gasteiger partial charge in [0.1, 0.15) is 17.3 Å². The molecule has 8 nitrogen and oxygen atoms in total. The monoisotopic (exact) mass is 433 g/mol. The van der Waals surface area contributed by atoms with E-state index in [9.17, 15) is 9.59 Å². The van der Waals surface area contributed by atoms with Crippen molar-refractivity contribution >= 4 is 23.4 Å². The number of carbonyl (C=O) groups is 2. The molecule has 1 aliphatic heterocycles. The van der Waals surface area contributed by atoms with E-state index in [1.165, 1.54) is 7.11 Å². The summed E-state index contributed by atoms with van der Waals surface area (Å²) in [5.74, 6) is 1.16. The lowest BCUT2D eigenvalue weighted by molar-refractivity contribution is -0.137. The maximum atomic E-state index is 12.7. The largest absolute Gasteiger partial charge is 0.465 e. The number of rotatable bonds is 5. The molecule has 0 unspecified atom stereocenters. The number of imidazole rings is 1. The van der Waals surface area contributed by atoms with Gasteiger partial charge in [-0.15, -0.1) is 0 Å². The van der Waals surface area contributed by atoms with E-state index in [2.05, 4.69) is 9.88 Å². The molecule has 0 radical (unpaired) electrons. The third-order valence-corrected chi connectivity index (χ3v) is 5.43. The van der Waals surface area contributed by atoms with Gasteiger partial charge in [-0.2, -0.15) is 0 Å². The first-order chi connectivity index (χ1) is 15.3. The van der Waals surface area contributed by atoms with Gasteiger partial charge in [0, 0.05) is 24.3 Å². The van der Waals surface area contributed by atoms with Crippen molar-refractivity contribution in [1.29, 1.82) is 0 Å². The Hall–Kier alpha value is -3.65. The molecule has 0 bridgehead atoms. The average Bonchev–Trinajstić information content (AvgIpc) is 3.16. The highest BCUT2D eigenvalue weighted by atomic mass is 16.5. The lowest BCUT2D eigenvalue weighted by atomic mass is 10.1. The lowest BCUT2D eigenvalue weighted by Crippen LogP contribution is -2.52. The van der Waals surface area contributed by atoms with Crippen molar-refractivity contribution in [2.45, 2.75) is 32.5 Å². The van der Waals surface area contributed by atoms with E-state index in [1.807, 2.05) is 42.5 Å². The number of esters is 1. The molecule has 3 N–H and O–H groups in total. The van der Waals surface area contributed by atoms with E-state index in [-0.39, 0.29) is 11.9 Å². The van der Waals surface area contributed by atoms with Gasteiger partial charge in [-0.3, -0.25) is 4.79 Å². The Morgan fingerprint density at radius 3 is 2.38 bits per heavy atom. The molecule has 8 heteroatoms. The van der Waals surface area contributed by atoms with Crippen molar-refractivity contribution in [3.63, 3.8) is 0 Å². The van der Waals surface area contributed by atoms with Crippen LogP contribution < -0.4 is 11.1 Å². The summed E-state index contributed by atoms with van der Waals surface area (Å²) >= 11 is 0. The number of aromatic nitrogens is 2. The highest BCUT2D eigenvalue weighted by Crippen LogP contribution is 2.33. The van der Waals surface area contributed by atoms with Crippen molar-refractivity contribution < 1.29 is 14.3 Å². The molecule has 1 amide bonds. The topological polar surface area (TPSA) is 102 Å². The van der Waals surface area contributed by atoms with Crippen molar-refractivity contribution in [1.82, 2.24) is 14.5 Å². The third kappa shape index (κ3) is 4.22. The number of hydrogen-bond donors (Lipinski definition) is 2. The van der Waals surface area contributed by atoms with E-state index < -0.39 is 5.54 Å². The number of amides is 1. The minimum absolute atomic E-state index is 0.0964. The molecule has 1 aromatic heterocycles. The van der Waals surface area contributed by atoms with E-state index in [1.54, 1.807) is 30.9 Å². The number of carbonyl (C=O) groups excluding carboxylic acids is 2. The van der Waals surface area contributed by atoms with Crippen LogP contribution in [0.15, 0.2) is 54.6 Å². The fraction of sp³-hybridized carbons (Fsp3) is 0.292. The summed E-state index contributed by atoms with van der Waals surface area (Å²) in [6, 6.07) is 17.0. The van der Waals surface area contributed by atoms with E-state index in [0.29, 0.717) is 25.2 Å². The smallest absolute Gasteiger partial charge is 0.337 e. The Morgan fingerprint density at radius 2 is 1.75 bits per heavy atom. The Bertz CT molecular complexity index is 1130. The fourth-order valence-electron chi connectivity index (χ4n) is 3.78. The molecule has 2 heterocycles. The Balaban J connectivity index is 1.70. The molecule has 0 fully saturated rings. The number of anilines is 2. The molecule has 4 rings (SSSR count). The van der Waals surface area contributed by atoms with Gasteiger partial charge in [0.25, 0.3) is 0 Å². The average molecular weight is 434 g/mol. The third-order valence-electron chi connectivity index (χ3n) is 5.43. The van der Waals surface area contributed by atoms with Gasteiger partial charge < -0.3 is 25.3 Å². The number of hydrogen-bond acceptors (Lipinski definition) is 6. The highest BCUT2D eigenvalue weighted by Gasteiger charge is 2.32. The maximum Gasteiger partial charge on any atom is 0.337 e. The Kier molecular flexibility index (Phi) is 5.71. The lowest BCUT2D eigenvalue weighted by Gasteiger charge is -2.33. The van der Waals surface area contributed by atoms with Crippen molar-refractivity contribution in [3.05, 3.63) is 66.0 Å². The minimum Gasteiger partial charge on any atom is -0.465 e. The fourth-order valence-corrected chi connectivity index (χ4v) is 3.78. The van der Waals surface area contributed by atoms with Crippen molar-refractivity contribution in [3.8, 4) is 11.3 Å². The summed E-state index contributed by atoms with van der Waals surface area (Å²) in [5.41, 5.74) is 8.18. The van der Waals surface area contributed by atoms with Gasteiger partial charge in [-0.25, -0.2) is 9.78 Å². The molecule has 1 aliphatic rings. The zero-order valence-electron chi connectivity index (χ0n) is 18.5. The molecule has 0 saturated carbocycles. The van der Waals surface area contributed by atoms with Gasteiger partial charge in [-0.1, -0.05) is 30.3 Å². The van der Waals surface area contributed by atoms with Crippen molar-refractivity contribution in [2.75, 3.05) is 19.0 Å². The summed E-state index contributed by atoms with van der Waals surface area (Å²) in [6.07, 6.45) is 0. The molecule has 3 aromatic rings. The molecule has 0 aliphatic carbocycles. The van der Waals surface area contributed by atoms with Crippen LogP contribution in [0.4, 0.5) is 11.5 Å². The van der Waals surface area contributed by atoms with E-state index >= 15 is 0 Å². The second-order valence-electron chi connectivity index (χ2n) is 8.39. The summed E-state index contributed by atoms with van der Waals surface area (Å²) in [4.78, 5) is 31.1. The second kappa shape index (κ2) is 8.47. The molecule has 32 heavy (non-hydrogen) atoms. The van der Waals surface area contributed by atoms with Crippen LogP contribution in [0.3, 0.4) is 0 Å². The molecule has 0 spiro atoms. The van der Waals surface area contributed by atoms with Crippen LogP contribution in [-0.2, 0) is 22.6 Å². The molecule has 166 valence electrons. The quantitative estimate of drug-likeness (QED) is 0.599. The Labute approximate surface area is 187 Å². The van der Waals surface area contributed by atoms with E-state index in [0.717, 1.165) is 28.6 Å². The van der Waals surface area contributed by atoms with Crippen LogP contribution in [0.1, 0.15) is 30.0 Å². The normalized spacial score (nSPS) is 13.4. The van der Waals surface area contributed by atoms with Crippen LogP contribution in [0, 0.1) is 0 Å².